The van der Waals surface area contributed by atoms with E-state index in [1.807, 2.05) is 0 Å². The fourth-order valence-corrected chi connectivity index (χ4v) is 2.83. The van der Waals surface area contributed by atoms with Crippen LogP contribution in [-0.2, 0) is 4.79 Å². The molecule has 1 atom stereocenters. The average molecular weight is 347 g/mol. The first-order valence-electron chi connectivity index (χ1n) is 6.00. The molecule has 0 radical (unpaired) electrons. The lowest BCUT2D eigenvalue weighted by atomic mass is 10.0. The van der Waals surface area contributed by atoms with Gasteiger partial charge in [-0.2, -0.15) is 0 Å². The Morgan fingerprint density at radius 2 is 2.11 bits per heavy atom. The molecule has 1 aromatic carbocycles. The Hall–Kier alpha value is -1.07. The summed E-state index contributed by atoms with van der Waals surface area (Å²) in [6.07, 6.45) is 2.14. The van der Waals surface area contributed by atoms with Gasteiger partial charge in [0.1, 0.15) is 6.04 Å². The van der Waals surface area contributed by atoms with Crippen LogP contribution < -0.4 is 0 Å². The number of benzene rings is 1. The zero-order valence-corrected chi connectivity index (χ0v) is 12.4. The van der Waals surface area contributed by atoms with Gasteiger partial charge in [0, 0.05) is 11.0 Å². The number of carboxylic acid groups (broad SMARTS) is 1. The summed E-state index contributed by atoms with van der Waals surface area (Å²) in [5.41, 5.74) is 0.337. The molecule has 0 aliphatic carbocycles. The van der Waals surface area contributed by atoms with E-state index in [4.69, 9.17) is 11.6 Å². The maximum absolute atomic E-state index is 12.4. The van der Waals surface area contributed by atoms with Crippen LogP contribution in [-0.4, -0.2) is 34.5 Å². The van der Waals surface area contributed by atoms with E-state index >= 15 is 0 Å². The topological polar surface area (TPSA) is 57.6 Å². The summed E-state index contributed by atoms with van der Waals surface area (Å²) in [5.74, 6) is -1.28. The smallest absolute Gasteiger partial charge is 0.326 e. The van der Waals surface area contributed by atoms with E-state index in [2.05, 4.69) is 15.9 Å². The SMILES string of the molecule is O=C(O)C1CCCCN1C(=O)c1cccc(Br)c1Cl. The van der Waals surface area contributed by atoms with Crippen LogP contribution in [0, 0.1) is 0 Å². The average Bonchev–Trinajstić information content (AvgIpc) is 2.41. The molecule has 1 N–H and O–H groups in total. The van der Waals surface area contributed by atoms with Crippen molar-refractivity contribution in [2.75, 3.05) is 6.54 Å². The van der Waals surface area contributed by atoms with Crippen LogP contribution in [0.1, 0.15) is 29.6 Å². The molecule has 19 heavy (non-hydrogen) atoms. The van der Waals surface area contributed by atoms with Crippen molar-refractivity contribution in [3.63, 3.8) is 0 Å². The third-order valence-electron chi connectivity index (χ3n) is 3.23. The van der Waals surface area contributed by atoms with Crippen LogP contribution in [0.15, 0.2) is 22.7 Å². The number of amides is 1. The predicted molar refractivity (Wildman–Crippen MR) is 75.5 cm³/mol. The highest BCUT2D eigenvalue weighted by Crippen LogP contribution is 2.29. The summed E-state index contributed by atoms with van der Waals surface area (Å²) in [5, 5.41) is 9.51. The lowest BCUT2D eigenvalue weighted by Gasteiger charge is -2.33. The van der Waals surface area contributed by atoms with Crippen LogP contribution in [0.25, 0.3) is 0 Å². The lowest BCUT2D eigenvalue weighted by molar-refractivity contribution is -0.143. The maximum atomic E-state index is 12.4. The van der Waals surface area contributed by atoms with Crippen molar-refractivity contribution in [2.24, 2.45) is 0 Å². The van der Waals surface area contributed by atoms with Gasteiger partial charge in [0.15, 0.2) is 0 Å². The van der Waals surface area contributed by atoms with Gasteiger partial charge >= 0.3 is 5.97 Å². The van der Waals surface area contributed by atoms with Gasteiger partial charge in [-0.05, 0) is 47.3 Å². The number of nitrogens with zero attached hydrogens (tertiary/aromatic N) is 1. The van der Waals surface area contributed by atoms with Crippen molar-refractivity contribution in [1.29, 1.82) is 0 Å². The van der Waals surface area contributed by atoms with Crippen molar-refractivity contribution in [3.8, 4) is 0 Å². The summed E-state index contributed by atoms with van der Waals surface area (Å²) in [6.45, 7) is 0.457. The molecule has 1 unspecified atom stereocenters. The van der Waals surface area contributed by atoms with Gasteiger partial charge < -0.3 is 10.0 Å². The van der Waals surface area contributed by atoms with E-state index in [-0.39, 0.29) is 5.91 Å². The molecule has 1 aliphatic heterocycles. The third kappa shape index (κ3) is 2.92. The predicted octanol–water partition coefficient (Wildman–Crippen LogP) is 3.18. The molecule has 1 aromatic rings. The number of hydrogen-bond acceptors (Lipinski definition) is 2. The number of piperidine rings is 1. The highest BCUT2D eigenvalue weighted by Gasteiger charge is 2.33. The monoisotopic (exact) mass is 345 g/mol. The number of hydrogen-bond donors (Lipinski definition) is 1. The second-order valence-corrected chi connectivity index (χ2v) is 5.68. The number of carboxylic acids is 1. The largest absolute Gasteiger partial charge is 0.480 e. The Morgan fingerprint density at radius 3 is 2.79 bits per heavy atom. The normalized spacial score (nSPS) is 19.3. The number of aliphatic carboxylic acids is 1. The molecule has 1 amide bonds. The molecule has 0 spiro atoms. The molecular formula is C13H13BrClNO3. The van der Waals surface area contributed by atoms with Gasteiger partial charge in [-0.15, -0.1) is 0 Å². The molecule has 4 nitrogen and oxygen atoms in total. The van der Waals surface area contributed by atoms with Crippen LogP contribution in [0.5, 0.6) is 0 Å². The van der Waals surface area contributed by atoms with Gasteiger partial charge in [0.05, 0.1) is 10.6 Å². The van der Waals surface area contributed by atoms with Crippen molar-refractivity contribution in [3.05, 3.63) is 33.3 Å². The number of halogens is 2. The van der Waals surface area contributed by atoms with E-state index in [1.54, 1.807) is 18.2 Å². The first-order chi connectivity index (χ1) is 9.02. The van der Waals surface area contributed by atoms with Gasteiger partial charge in [0.2, 0.25) is 0 Å². The fraction of sp³-hybridized carbons (Fsp3) is 0.385. The van der Waals surface area contributed by atoms with Crippen molar-refractivity contribution < 1.29 is 14.7 Å². The number of carbonyl (C=O) groups excluding carboxylic acids is 1. The summed E-state index contributed by atoms with van der Waals surface area (Å²) in [4.78, 5) is 25.1. The first-order valence-corrected chi connectivity index (χ1v) is 7.17. The molecule has 2 rings (SSSR count). The highest BCUT2D eigenvalue weighted by atomic mass is 79.9. The second-order valence-electron chi connectivity index (χ2n) is 4.45. The van der Waals surface area contributed by atoms with Crippen LogP contribution in [0.4, 0.5) is 0 Å². The molecule has 0 aromatic heterocycles. The Morgan fingerprint density at radius 1 is 1.37 bits per heavy atom. The molecule has 1 fully saturated rings. The number of carbonyl (C=O) groups is 2. The zero-order valence-electron chi connectivity index (χ0n) is 10.1. The van der Waals surface area contributed by atoms with E-state index in [9.17, 15) is 14.7 Å². The van der Waals surface area contributed by atoms with Gasteiger partial charge in [-0.1, -0.05) is 17.7 Å². The van der Waals surface area contributed by atoms with Gasteiger partial charge in [0.25, 0.3) is 5.91 Å². The Bertz CT molecular complexity index is 521. The van der Waals surface area contributed by atoms with Crippen LogP contribution >= 0.6 is 27.5 Å². The Balaban J connectivity index is 2.31. The quantitative estimate of drug-likeness (QED) is 0.895. The standard InChI is InChI=1S/C13H13BrClNO3/c14-9-5-3-4-8(11(9)15)12(17)16-7-2-1-6-10(16)13(18)19/h3-5,10H,1-2,6-7H2,(H,18,19). The lowest BCUT2D eigenvalue weighted by Crippen LogP contribution is -2.48. The number of rotatable bonds is 2. The Kier molecular flexibility index (Phi) is 4.47. The Labute approximate surface area is 124 Å². The van der Waals surface area contributed by atoms with Gasteiger partial charge in [-0.3, -0.25) is 4.79 Å². The van der Waals surface area contributed by atoms with Crippen LogP contribution in [0.2, 0.25) is 5.02 Å². The van der Waals surface area contributed by atoms with Crippen molar-refractivity contribution in [2.45, 2.75) is 25.3 Å². The molecular weight excluding hydrogens is 334 g/mol. The first kappa shape index (κ1) is 14.3. The van der Waals surface area contributed by atoms with E-state index in [0.29, 0.717) is 28.0 Å². The number of likely N-dealkylation sites (tertiary alicyclic amines) is 1. The highest BCUT2D eigenvalue weighted by molar-refractivity contribution is 9.10. The zero-order chi connectivity index (χ0) is 14.0. The molecule has 0 saturated carbocycles. The third-order valence-corrected chi connectivity index (χ3v) is 4.53. The van der Waals surface area contributed by atoms with Gasteiger partial charge in [-0.25, -0.2) is 4.79 Å². The summed E-state index contributed by atoms with van der Waals surface area (Å²) in [7, 11) is 0. The fourth-order valence-electron chi connectivity index (χ4n) is 2.26. The minimum absolute atomic E-state index is 0.321. The minimum atomic E-state index is -0.959. The van der Waals surface area contributed by atoms with E-state index < -0.39 is 12.0 Å². The van der Waals surface area contributed by atoms with Crippen molar-refractivity contribution in [1.82, 2.24) is 4.90 Å². The van der Waals surface area contributed by atoms with Crippen molar-refractivity contribution >= 4 is 39.4 Å². The molecule has 1 aliphatic rings. The molecule has 0 bridgehead atoms. The molecule has 102 valence electrons. The molecule has 6 heteroatoms. The van der Waals surface area contributed by atoms with E-state index in [1.165, 1.54) is 4.90 Å². The summed E-state index contributed by atoms with van der Waals surface area (Å²) < 4.78 is 0.629. The summed E-state index contributed by atoms with van der Waals surface area (Å²) >= 11 is 9.36. The minimum Gasteiger partial charge on any atom is -0.480 e. The maximum Gasteiger partial charge on any atom is 0.326 e. The molecule has 1 heterocycles. The van der Waals surface area contributed by atoms with E-state index in [0.717, 1.165) is 12.8 Å². The van der Waals surface area contributed by atoms with Crippen LogP contribution in [0.3, 0.4) is 0 Å². The molecule has 1 saturated heterocycles. The second kappa shape index (κ2) is 5.92. The summed E-state index contributed by atoms with van der Waals surface area (Å²) in [6, 6.07) is 4.31.